The highest BCUT2D eigenvalue weighted by Crippen LogP contribution is 2.29. The zero-order chi connectivity index (χ0) is 37.7. The van der Waals surface area contributed by atoms with Gasteiger partial charge < -0.3 is 12.7 Å². The van der Waals surface area contributed by atoms with Gasteiger partial charge in [-0.05, 0) is 55.3 Å². The molecule has 0 aliphatic heterocycles. The van der Waals surface area contributed by atoms with Gasteiger partial charge in [0, 0.05) is 6.54 Å². The summed E-state index contributed by atoms with van der Waals surface area (Å²) in [4.78, 5) is 0. The minimum atomic E-state index is -1.34. The molecule has 0 saturated carbocycles. The Morgan fingerprint density at radius 3 is 1.15 bits per heavy atom. The Kier molecular flexibility index (Phi) is 26.4. The third kappa shape index (κ3) is 19.4. The predicted molar refractivity (Wildman–Crippen MR) is 241 cm³/mol. The second-order valence-corrected chi connectivity index (χ2v) is 43.4. The van der Waals surface area contributed by atoms with Crippen LogP contribution in [0.5, 0.6) is 0 Å². The molecule has 1 atom stereocenters. The minimum absolute atomic E-state index is 0.642. The largest absolute Gasteiger partial charge is 0.345 e. The Morgan fingerprint density at radius 1 is 0.532 bits per heavy atom. The zero-order valence-corrected chi connectivity index (χ0v) is 40.5. The van der Waals surface area contributed by atoms with E-state index in [9.17, 15) is 0 Å². The summed E-state index contributed by atoms with van der Waals surface area (Å²) in [6, 6.07) is 7.73. The lowest BCUT2D eigenvalue weighted by Gasteiger charge is -2.49. The van der Waals surface area contributed by atoms with E-state index in [-0.39, 0.29) is 0 Å². The molecular formula is C38H83N3Si6. The van der Waals surface area contributed by atoms with Gasteiger partial charge >= 0.3 is 0 Å². The fourth-order valence-electron chi connectivity index (χ4n) is 7.70. The molecule has 3 nitrogen and oxygen atoms in total. The van der Waals surface area contributed by atoms with Crippen LogP contribution in [0.15, 0.2) is 88.6 Å². The van der Waals surface area contributed by atoms with Crippen molar-refractivity contribution in [2.24, 2.45) is 0 Å². The van der Waals surface area contributed by atoms with Crippen molar-refractivity contribution in [3.63, 3.8) is 0 Å². The summed E-state index contributed by atoms with van der Waals surface area (Å²) in [5.41, 5.74) is 0. The Labute approximate surface area is 304 Å². The first-order chi connectivity index (χ1) is 21.5. The quantitative estimate of drug-likeness (QED) is 0.0761. The average molecular weight is 751 g/mol. The van der Waals surface area contributed by atoms with Crippen LogP contribution in [-0.2, 0) is 0 Å². The van der Waals surface area contributed by atoms with Crippen molar-refractivity contribution < 1.29 is 0 Å². The van der Waals surface area contributed by atoms with Crippen LogP contribution >= 0.6 is 0 Å². The van der Waals surface area contributed by atoms with Crippen LogP contribution in [0.4, 0.5) is 0 Å². The van der Waals surface area contributed by atoms with E-state index in [0.29, 0.717) is 6.04 Å². The van der Waals surface area contributed by atoms with Gasteiger partial charge in [-0.1, -0.05) is 135 Å². The second kappa shape index (κ2) is 24.5. The third-order valence-corrected chi connectivity index (χ3v) is 37.3. The molecule has 0 saturated heterocycles. The molecule has 0 aromatic heterocycles. The van der Waals surface area contributed by atoms with Gasteiger partial charge in [0.25, 0.3) is 0 Å². The third-order valence-electron chi connectivity index (χ3n) is 9.09. The Bertz CT molecular complexity index is 896. The van der Waals surface area contributed by atoms with Gasteiger partial charge in [0.05, 0.1) is 0 Å². The van der Waals surface area contributed by atoms with E-state index in [0.717, 1.165) is 12.6 Å². The number of rotatable bonds is 23. The first-order valence-corrected chi connectivity index (χ1v) is 36.4. The molecule has 1 unspecified atom stereocenters. The van der Waals surface area contributed by atoms with Gasteiger partial charge in [0.2, 0.25) is 0 Å². The van der Waals surface area contributed by atoms with Gasteiger partial charge in [0.1, 0.15) is 50.1 Å². The molecule has 0 bridgehead atoms. The molecule has 0 rings (SSSR count). The lowest BCUT2D eigenvalue weighted by atomic mass is 10.4. The molecule has 274 valence electrons. The minimum Gasteiger partial charge on any atom is -0.345 e. The van der Waals surface area contributed by atoms with E-state index in [1.54, 1.807) is 0 Å². The first-order valence-electron chi connectivity index (χ1n) is 18.1. The van der Waals surface area contributed by atoms with Crippen molar-refractivity contribution in [3.05, 3.63) is 88.6 Å². The van der Waals surface area contributed by atoms with Crippen LogP contribution in [0.25, 0.3) is 0 Å². The van der Waals surface area contributed by atoms with Crippen LogP contribution in [0.2, 0.25) is 108 Å². The smallest absolute Gasteiger partial charge is 0.119 e. The highest BCUT2D eigenvalue weighted by Gasteiger charge is 2.41. The maximum Gasteiger partial charge on any atom is 0.119 e. The summed E-state index contributed by atoms with van der Waals surface area (Å²) in [6.45, 7) is 63.5. The zero-order valence-electron chi connectivity index (χ0n) is 34.4. The van der Waals surface area contributed by atoms with Crippen molar-refractivity contribution in [1.82, 2.24) is 12.7 Å². The fraction of sp³-hybridized carbons (Fsp3) is 0.632. The number of allylic oxidation sites excluding steroid dienone is 6. The van der Waals surface area contributed by atoms with E-state index >= 15 is 0 Å². The van der Waals surface area contributed by atoms with Crippen LogP contribution in [0.1, 0.15) is 27.2 Å². The molecule has 0 aromatic carbocycles. The molecule has 0 radical (unpaired) electrons. The second-order valence-electron chi connectivity index (χ2n) is 16.5. The predicted octanol–water partition coefficient (Wildman–Crippen LogP) is 12.4. The number of nitrogens with zero attached hydrogens (tertiary/aromatic N) is 3. The molecular weight excluding hydrogens is 667 g/mol. The summed E-state index contributed by atoms with van der Waals surface area (Å²) in [5, 5.41) is 0. The Balaban J connectivity index is -0.000000618. The van der Waals surface area contributed by atoms with E-state index in [4.69, 9.17) is 0 Å². The summed E-state index contributed by atoms with van der Waals surface area (Å²) in [7, 11) is -7.40. The van der Waals surface area contributed by atoms with Crippen molar-refractivity contribution in [3.8, 4) is 0 Å². The van der Waals surface area contributed by atoms with E-state index in [1.165, 1.54) is 43.2 Å². The molecule has 0 spiro atoms. The van der Waals surface area contributed by atoms with Gasteiger partial charge in [-0.15, -0.1) is 46.1 Å². The van der Waals surface area contributed by atoms with E-state index < -0.39 is 50.1 Å². The summed E-state index contributed by atoms with van der Waals surface area (Å²) in [5.74, 6) is 0. The van der Waals surface area contributed by atoms with Crippen LogP contribution in [-0.4, -0.2) is 82.0 Å². The highest BCUT2D eigenvalue weighted by atomic mass is 28.4. The average Bonchev–Trinajstić information content (AvgIpc) is 2.90. The van der Waals surface area contributed by atoms with Crippen molar-refractivity contribution >= 4 is 50.1 Å². The van der Waals surface area contributed by atoms with Crippen LogP contribution < -0.4 is 0 Å². The van der Waals surface area contributed by atoms with E-state index in [2.05, 4.69) is 188 Å². The van der Waals surface area contributed by atoms with Crippen LogP contribution in [0, 0.1) is 0 Å². The van der Waals surface area contributed by atoms with Gasteiger partial charge in [-0.25, -0.2) is 0 Å². The fourth-order valence-corrected chi connectivity index (χ4v) is 38.2. The number of hydrogen-bond acceptors (Lipinski definition) is 3. The molecule has 47 heavy (non-hydrogen) atoms. The van der Waals surface area contributed by atoms with Gasteiger partial charge in [0.15, 0.2) is 0 Å². The molecule has 9 heteroatoms. The summed E-state index contributed by atoms with van der Waals surface area (Å²) >= 11 is 0. The highest BCUT2D eigenvalue weighted by molar-refractivity contribution is 6.91. The van der Waals surface area contributed by atoms with Crippen LogP contribution in [0.3, 0.4) is 0 Å². The maximum atomic E-state index is 3.92. The van der Waals surface area contributed by atoms with Gasteiger partial charge in [-0.2, -0.15) is 0 Å². The SMILES string of the molecule is C=CCN([SiH](C)CC=C)[Si](C)(C)CC=C.C=CC[Si](C)(C)N(C(C)C)[Si](C)(C)CC=C.C=CC[Si](C)(C)N(CCC)[Si](C)(C)CC=C. The Hall–Kier alpha value is -0.639. The molecule has 0 fully saturated rings. The molecule has 0 aromatic rings. The lowest BCUT2D eigenvalue weighted by molar-refractivity contribution is 0.502. The Morgan fingerprint density at radius 2 is 0.872 bits per heavy atom. The van der Waals surface area contributed by atoms with Crippen molar-refractivity contribution in [1.29, 1.82) is 0 Å². The normalized spacial score (nSPS) is 13.2. The standard InChI is InChI=1S/2C13H29NSi2.C12H25NSi2/c1-9-11-15(5,6)14(13(3)4)16(7,8)12-10-2;1-8-11-14(15(4,5)12-9-2)16(6,7)13-10-3;1-7-10-13(14(4)11-8-2)15(5,6)12-9-3/h9-10,13H,1-2,11-12H2,3-8H3;9-10H,2-3,8,11-13H2,1,4-7H3;7-9,14H,1-3,10-12H2,4-6H3. The molecule has 0 amide bonds. The first kappa shape index (κ1) is 50.7. The summed E-state index contributed by atoms with van der Waals surface area (Å²) in [6.07, 6.45) is 15.8. The maximum absolute atomic E-state index is 3.92. The number of hydrogen-bond donors (Lipinski definition) is 0. The topological polar surface area (TPSA) is 9.72 Å². The summed E-state index contributed by atoms with van der Waals surface area (Å²) < 4.78 is 8.44. The molecule has 0 heterocycles. The molecule has 0 N–H and O–H groups in total. The monoisotopic (exact) mass is 750 g/mol. The van der Waals surface area contributed by atoms with Crippen molar-refractivity contribution in [2.75, 3.05) is 13.1 Å². The van der Waals surface area contributed by atoms with Crippen molar-refractivity contribution in [2.45, 2.75) is 142 Å². The molecule has 0 aliphatic rings. The molecule has 0 aliphatic carbocycles. The van der Waals surface area contributed by atoms with Gasteiger partial charge in [-0.3, -0.25) is 0 Å². The van der Waals surface area contributed by atoms with E-state index in [1.807, 2.05) is 6.08 Å². The lowest BCUT2D eigenvalue weighted by Crippen LogP contribution is -2.64.